The molecule has 0 radical (unpaired) electrons. The predicted molar refractivity (Wildman–Crippen MR) is 92.2 cm³/mol. The summed E-state index contributed by atoms with van der Waals surface area (Å²) in [5, 5.41) is 0. The molecule has 0 aliphatic heterocycles. The van der Waals surface area contributed by atoms with Crippen LogP contribution in [0.15, 0.2) is 30.3 Å². The number of anilines is 1. The molecule has 0 amide bonds. The minimum atomic E-state index is -0.0106. The zero-order valence-electron chi connectivity index (χ0n) is 11.8. The summed E-state index contributed by atoms with van der Waals surface area (Å²) in [5.74, 6) is 2.21. The minimum absolute atomic E-state index is 0.0106. The fourth-order valence-electron chi connectivity index (χ4n) is 3.25. The largest absolute Gasteiger partial charge is 0.383 e. The van der Waals surface area contributed by atoms with Crippen LogP contribution in [0.4, 0.5) is 5.82 Å². The van der Waals surface area contributed by atoms with Gasteiger partial charge in [-0.2, -0.15) is 0 Å². The van der Waals surface area contributed by atoms with Gasteiger partial charge >= 0.3 is 0 Å². The molecule has 1 aromatic heterocycles. The molecule has 21 heavy (non-hydrogen) atoms. The summed E-state index contributed by atoms with van der Waals surface area (Å²) < 4.78 is 1.06. The number of rotatable bonds is 3. The molecule has 1 aromatic carbocycles. The first-order valence-corrected chi connectivity index (χ1v) is 8.67. The van der Waals surface area contributed by atoms with Crippen LogP contribution in [0.3, 0.4) is 0 Å². The van der Waals surface area contributed by atoms with Crippen LogP contribution in [0, 0.1) is 3.57 Å². The molecule has 3 nitrogen and oxygen atoms in total. The summed E-state index contributed by atoms with van der Waals surface area (Å²) in [6.07, 6.45) is 5.97. The van der Waals surface area contributed by atoms with Gasteiger partial charge in [0.05, 0.1) is 14.7 Å². The van der Waals surface area contributed by atoms with Crippen molar-refractivity contribution < 1.29 is 0 Å². The summed E-state index contributed by atoms with van der Waals surface area (Å²) in [5.41, 5.74) is 8.68. The molecule has 2 aliphatic carbocycles. The Morgan fingerprint density at radius 3 is 2.38 bits per heavy atom. The van der Waals surface area contributed by atoms with Crippen LogP contribution in [0.2, 0.25) is 0 Å². The van der Waals surface area contributed by atoms with Crippen LogP contribution in [0.1, 0.15) is 55.1 Å². The number of hydrogen-bond donors (Lipinski definition) is 1. The molecule has 4 rings (SSSR count). The van der Waals surface area contributed by atoms with Crippen molar-refractivity contribution in [3.63, 3.8) is 0 Å². The molecule has 4 heteroatoms. The van der Waals surface area contributed by atoms with Gasteiger partial charge in [0.25, 0.3) is 0 Å². The Hall–Kier alpha value is -1.17. The summed E-state index contributed by atoms with van der Waals surface area (Å²) in [4.78, 5) is 9.64. The van der Waals surface area contributed by atoms with E-state index < -0.39 is 0 Å². The third-order valence-corrected chi connectivity index (χ3v) is 5.93. The number of nitrogen functional groups attached to an aromatic ring is 1. The van der Waals surface area contributed by atoms with Crippen LogP contribution >= 0.6 is 22.6 Å². The topological polar surface area (TPSA) is 51.8 Å². The van der Waals surface area contributed by atoms with E-state index in [1.54, 1.807) is 0 Å². The van der Waals surface area contributed by atoms with E-state index in [0.717, 1.165) is 22.2 Å². The van der Waals surface area contributed by atoms with Crippen LogP contribution < -0.4 is 5.73 Å². The molecule has 0 atom stereocenters. The van der Waals surface area contributed by atoms with Crippen molar-refractivity contribution in [2.45, 2.75) is 43.4 Å². The Balaban J connectivity index is 1.85. The summed E-state index contributed by atoms with van der Waals surface area (Å²) in [6.45, 7) is 0. The summed E-state index contributed by atoms with van der Waals surface area (Å²) in [7, 11) is 0. The van der Waals surface area contributed by atoms with Gasteiger partial charge in [-0.05, 0) is 53.8 Å². The van der Waals surface area contributed by atoms with Crippen LogP contribution in [-0.2, 0) is 5.41 Å². The molecule has 0 spiro atoms. The maximum atomic E-state index is 6.18. The first-order chi connectivity index (χ1) is 10.2. The normalized spacial score (nSPS) is 20.0. The lowest BCUT2D eigenvalue weighted by Crippen LogP contribution is -2.38. The first kappa shape index (κ1) is 13.5. The van der Waals surface area contributed by atoms with Crippen LogP contribution in [-0.4, -0.2) is 9.97 Å². The van der Waals surface area contributed by atoms with E-state index in [9.17, 15) is 0 Å². The predicted octanol–water partition coefficient (Wildman–Crippen LogP) is 4.01. The van der Waals surface area contributed by atoms with Crippen LogP contribution in [0.25, 0.3) is 0 Å². The van der Waals surface area contributed by atoms with Crippen LogP contribution in [0.5, 0.6) is 0 Å². The monoisotopic (exact) mass is 391 g/mol. The van der Waals surface area contributed by atoms with Gasteiger partial charge in [-0.15, -0.1) is 0 Å². The van der Waals surface area contributed by atoms with Gasteiger partial charge < -0.3 is 5.73 Å². The van der Waals surface area contributed by atoms with Gasteiger partial charge in [0.2, 0.25) is 0 Å². The molecule has 1 heterocycles. The SMILES string of the molecule is Nc1nc(C2(c3ccccc3)CCC2)nc(C2CC2)c1I. The Morgan fingerprint density at radius 2 is 1.81 bits per heavy atom. The summed E-state index contributed by atoms with van der Waals surface area (Å²) >= 11 is 2.30. The Bertz CT molecular complexity index is 676. The van der Waals surface area contributed by atoms with Crippen molar-refractivity contribution >= 4 is 28.4 Å². The second kappa shape index (κ2) is 4.93. The molecular weight excluding hydrogens is 373 g/mol. The molecule has 0 bridgehead atoms. The van der Waals surface area contributed by atoms with E-state index in [1.807, 2.05) is 0 Å². The maximum Gasteiger partial charge on any atom is 0.141 e. The minimum Gasteiger partial charge on any atom is -0.383 e. The zero-order valence-corrected chi connectivity index (χ0v) is 14.0. The lowest BCUT2D eigenvalue weighted by Gasteiger charge is -2.41. The van der Waals surface area contributed by atoms with Crippen molar-refractivity contribution in [2.24, 2.45) is 0 Å². The third-order valence-electron chi connectivity index (χ3n) is 4.83. The highest BCUT2D eigenvalue weighted by molar-refractivity contribution is 14.1. The highest BCUT2D eigenvalue weighted by Gasteiger charge is 2.44. The van der Waals surface area contributed by atoms with Gasteiger partial charge in [-0.3, -0.25) is 0 Å². The van der Waals surface area contributed by atoms with E-state index in [2.05, 4.69) is 57.9 Å². The first-order valence-electron chi connectivity index (χ1n) is 7.60. The fourth-order valence-corrected chi connectivity index (χ4v) is 3.93. The molecule has 2 aromatic rings. The molecule has 2 aliphatic rings. The van der Waals surface area contributed by atoms with Crippen molar-refractivity contribution in [3.8, 4) is 0 Å². The number of nitrogens with two attached hydrogens (primary N) is 1. The highest BCUT2D eigenvalue weighted by atomic mass is 127. The molecule has 2 fully saturated rings. The number of hydrogen-bond acceptors (Lipinski definition) is 3. The Morgan fingerprint density at radius 1 is 1.10 bits per heavy atom. The van der Waals surface area contributed by atoms with E-state index in [-0.39, 0.29) is 5.41 Å². The quantitative estimate of drug-likeness (QED) is 0.805. The number of nitrogens with zero attached hydrogens (tertiary/aromatic N) is 2. The zero-order chi connectivity index (χ0) is 14.4. The fraction of sp³-hybridized carbons (Fsp3) is 0.412. The van der Waals surface area contributed by atoms with Gasteiger partial charge in [-0.25, -0.2) is 9.97 Å². The van der Waals surface area contributed by atoms with Gasteiger partial charge in [0, 0.05) is 5.92 Å². The summed E-state index contributed by atoms with van der Waals surface area (Å²) in [6, 6.07) is 10.7. The van der Waals surface area contributed by atoms with Gasteiger partial charge in [0.1, 0.15) is 11.6 Å². The van der Waals surface area contributed by atoms with E-state index in [1.165, 1.54) is 30.5 Å². The molecule has 108 valence electrons. The Labute approximate surface area is 138 Å². The molecule has 2 N–H and O–H groups in total. The standard InChI is InChI=1S/C17H18IN3/c18-13-14(11-7-8-11)20-16(21-15(13)19)17(9-4-10-17)12-5-2-1-3-6-12/h1-3,5-6,11H,4,7-10H2,(H2,19,20,21). The average Bonchev–Trinajstić information content (AvgIpc) is 3.27. The lowest BCUT2D eigenvalue weighted by molar-refractivity contribution is 0.284. The van der Waals surface area contributed by atoms with Gasteiger partial charge in [0.15, 0.2) is 0 Å². The van der Waals surface area contributed by atoms with Gasteiger partial charge in [-0.1, -0.05) is 36.8 Å². The second-order valence-electron chi connectivity index (χ2n) is 6.21. The van der Waals surface area contributed by atoms with E-state index in [0.29, 0.717) is 11.7 Å². The maximum absolute atomic E-state index is 6.18. The van der Waals surface area contributed by atoms with Crippen molar-refractivity contribution in [2.75, 3.05) is 5.73 Å². The lowest BCUT2D eigenvalue weighted by atomic mass is 9.64. The number of benzene rings is 1. The van der Waals surface area contributed by atoms with E-state index >= 15 is 0 Å². The second-order valence-corrected chi connectivity index (χ2v) is 7.29. The third kappa shape index (κ3) is 2.15. The Kier molecular flexibility index (Phi) is 3.17. The highest BCUT2D eigenvalue weighted by Crippen LogP contribution is 2.49. The van der Waals surface area contributed by atoms with Crippen molar-refractivity contribution in [3.05, 3.63) is 51.0 Å². The molecule has 0 saturated heterocycles. The molecular formula is C17H18IN3. The smallest absolute Gasteiger partial charge is 0.141 e. The molecule has 0 unspecified atom stereocenters. The average molecular weight is 391 g/mol. The van der Waals surface area contributed by atoms with Crippen molar-refractivity contribution in [1.29, 1.82) is 0 Å². The number of halogens is 1. The number of aromatic nitrogens is 2. The van der Waals surface area contributed by atoms with Crippen molar-refractivity contribution in [1.82, 2.24) is 9.97 Å². The molecule has 2 saturated carbocycles. The van der Waals surface area contributed by atoms with E-state index in [4.69, 9.17) is 10.7 Å².